The molecule has 0 aliphatic carbocycles. The Morgan fingerprint density at radius 2 is 1.18 bits per heavy atom. The molecule has 10 heteroatoms. The number of hydrogen-bond acceptors (Lipinski definition) is 6. The molecule has 1 unspecified atom stereocenters. The Bertz CT molecular complexity index is 190. The minimum absolute atomic E-state index is 0. The van der Waals surface area contributed by atoms with Crippen molar-refractivity contribution in [3.8, 4) is 0 Å². The van der Waals surface area contributed by atoms with Crippen LogP contribution in [-0.2, 0) is 9.13 Å². The predicted molar refractivity (Wildman–Crippen MR) is 74.1 cm³/mol. The molecule has 126 valence electrons. The van der Waals surface area contributed by atoms with E-state index in [1.165, 1.54) is 32.1 Å². The van der Waals surface area contributed by atoms with Crippen LogP contribution >= 0.6 is 16.5 Å². The molecule has 1 atom stereocenters. The van der Waals surface area contributed by atoms with Gasteiger partial charge in [0.2, 0.25) is 0 Å². The van der Waals surface area contributed by atoms with Gasteiger partial charge in [-0.3, -0.25) is 0 Å². The van der Waals surface area contributed by atoms with E-state index in [1.54, 1.807) is 0 Å². The first-order valence-electron chi connectivity index (χ1n) is 6.44. The molecule has 22 heavy (non-hydrogen) atoms. The van der Waals surface area contributed by atoms with Crippen LogP contribution in [0.15, 0.2) is 0 Å². The molecule has 0 aliphatic rings. The first-order chi connectivity index (χ1) is 9.19. The van der Waals surface area contributed by atoms with Crippen molar-refractivity contribution in [2.24, 2.45) is 5.92 Å². The van der Waals surface area contributed by atoms with E-state index in [9.17, 15) is 0 Å². The molecule has 0 rings (SSSR count). The van der Waals surface area contributed by atoms with Crippen LogP contribution in [0.2, 0.25) is 0 Å². The van der Waals surface area contributed by atoms with Crippen molar-refractivity contribution in [2.45, 2.75) is 59.3 Å². The fraction of sp³-hybridized carbons (Fsp3) is 0.833. The van der Waals surface area contributed by atoms with Crippen LogP contribution < -0.4 is 19.6 Å². The van der Waals surface area contributed by atoms with Crippen LogP contribution in [0.5, 0.6) is 0 Å². The molecule has 0 bridgehead atoms. The Hall–Kier alpha value is 2.74. The number of unbranched alkanes of at least 4 members (excludes halogenated alkanes) is 2. The SMILES string of the molecule is O=[P+]([O-])[O-].O=[P+]([O-])[O-].[CH2-]C(CC)CCCC.[CH2-]CCC.[Nd+3].[Nd+3]. The molecule has 2 radical (unpaired) electrons. The number of rotatable bonds is 5. The second kappa shape index (κ2) is 39.0. The van der Waals surface area contributed by atoms with Gasteiger partial charge in [-0.25, -0.2) is 0 Å². The van der Waals surface area contributed by atoms with E-state index in [1.807, 2.05) is 0 Å². The van der Waals surface area contributed by atoms with Crippen molar-refractivity contribution in [2.75, 3.05) is 0 Å². The van der Waals surface area contributed by atoms with Crippen LogP contribution in [0.4, 0.5) is 0 Å². The monoisotopic (exact) mass is 612 g/mol. The molecule has 0 aromatic rings. The van der Waals surface area contributed by atoms with E-state index in [-0.39, 0.29) is 81.7 Å². The summed E-state index contributed by atoms with van der Waals surface area (Å²) in [5, 5.41) is 0. The van der Waals surface area contributed by atoms with Gasteiger partial charge in [-0.1, -0.05) is 62.0 Å². The molecule has 0 fully saturated rings. The summed E-state index contributed by atoms with van der Waals surface area (Å²) in [4.78, 5) is 33.9. The zero-order chi connectivity index (χ0) is 17.0. The Morgan fingerprint density at radius 3 is 1.32 bits per heavy atom. The van der Waals surface area contributed by atoms with Crippen LogP contribution in [-0.4, -0.2) is 0 Å². The molecule has 0 aromatic heterocycles. The van der Waals surface area contributed by atoms with Crippen molar-refractivity contribution in [3.63, 3.8) is 0 Å². The van der Waals surface area contributed by atoms with E-state index < -0.39 is 16.5 Å². The van der Waals surface area contributed by atoms with Crippen LogP contribution in [0.1, 0.15) is 59.3 Å². The third-order valence-electron chi connectivity index (χ3n) is 1.90. The summed E-state index contributed by atoms with van der Waals surface area (Å²) in [6.45, 7) is 14.1. The maximum absolute atomic E-state index is 8.48. The minimum atomic E-state index is -3.37. The standard InChI is InChI=1S/C8H17.C4H9.2Nd.2HO3P/c1-4-6-7-8(3)5-2;1-3-4-2;;;2*1-4(2)3/h8H,3-7H2,1-2H3;1,3-4H2,2H3;;;2*(H,1,2,3)/q2*-1;2*+3;;/p-2. The smallest absolute Gasteiger partial charge is 0.598 e. The Kier molecular flexibility index (Phi) is 70.4. The summed E-state index contributed by atoms with van der Waals surface area (Å²) in [6, 6.07) is 0. The molecule has 0 N–H and O–H groups in total. The first kappa shape index (κ1) is 39.7. The van der Waals surface area contributed by atoms with Crippen molar-refractivity contribution in [1.29, 1.82) is 0 Å². The molecule has 0 aromatic carbocycles. The van der Waals surface area contributed by atoms with Gasteiger partial charge >= 0.3 is 81.7 Å². The Labute approximate surface area is 203 Å². The molecule has 6 nitrogen and oxygen atoms in total. The summed E-state index contributed by atoms with van der Waals surface area (Å²) >= 11 is 0. The second-order valence-electron chi connectivity index (χ2n) is 3.72. The maximum Gasteiger partial charge on any atom is 3.00 e. The van der Waals surface area contributed by atoms with Crippen LogP contribution in [0.3, 0.4) is 0 Å². The zero-order valence-corrected chi connectivity index (χ0v) is 21.8. The van der Waals surface area contributed by atoms with Gasteiger partial charge in [-0.2, -0.15) is 12.3 Å². The van der Waals surface area contributed by atoms with Gasteiger partial charge in [0.15, 0.2) is 0 Å². The van der Waals surface area contributed by atoms with E-state index in [0.29, 0.717) is 5.92 Å². The molecular formula is C12H26Nd2O6P2+2. The van der Waals surface area contributed by atoms with Gasteiger partial charge in [0, 0.05) is 0 Å². The summed E-state index contributed by atoms with van der Waals surface area (Å²) in [7, 11) is -6.74. The quantitative estimate of drug-likeness (QED) is 0.340. The van der Waals surface area contributed by atoms with Gasteiger partial charge in [0.05, 0.1) is 0 Å². The molecule has 0 saturated carbocycles. The average molecular weight is 617 g/mol. The fourth-order valence-electron chi connectivity index (χ4n) is 0.697. The predicted octanol–water partition coefficient (Wildman–Crippen LogP) is 1.39. The van der Waals surface area contributed by atoms with E-state index in [0.717, 1.165) is 6.42 Å². The first-order valence-corrected chi connectivity index (χ1v) is 8.63. The molecule has 0 heterocycles. The summed E-state index contributed by atoms with van der Waals surface area (Å²) < 4.78 is 17.0. The molecular weight excluding hydrogens is 591 g/mol. The molecule has 0 aliphatic heterocycles. The second-order valence-corrected chi connectivity index (χ2v) is 4.61. The van der Waals surface area contributed by atoms with Crippen LogP contribution in [0.25, 0.3) is 0 Å². The Morgan fingerprint density at radius 1 is 0.909 bits per heavy atom. The summed E-state index contributed by atoms with van der Waals surface area (Å²) in [6.07, 6.45) is 7.49. The van der Waals surface area contributed by atoms with E-state index in [2.05, 4.69) is 34.6 Å². The van der Waals surface area contributed by atoms with E-state index in [4.69, 9.17) is 28.7 Å². The van der Waals surface area contributed by atoms with Crippen LogP contribution in [0, 0.1) is 101 Å². The summed E-state index contributed by atoms with van der Waals surface area (Å²) in [5.74, 6) is 0.704. The van der Waals surface area contributed by atoms with Crippen molar-refractivity contribution < 1.29 is 110 Å². The minimum Gasteiger partial charge on any atom is -0.598 e. The van der Waals surface area contributed by atoms with Crippen molar-refractivity contribution in [3.05, 3.63) is 13.8 Å². The molecule has 0 spiro atoms. The van der Waals surface area contributed by atoms with Gasteiger partial charge in [0.1, 0.15) is 0 Å². The van der Waals surface area contributed by atoms with Gasteiger partial charge in [0.25, 0.3) is 16.5 Å². The molecule has 0 saturated heterocycles. The van der Waals surface area contributed by atoms with Gasteiger partial charge < -0.3 is 33.4 Å². The summed E-state index contributed by atoms with van der Waals surface area (Å²) in [5.41, 5.74) is 0. The normalized spacial score (nSPS) is 8.77. The van der Waals surface area contributed by atoms with Crippen molar-refractivity contribution in [1.82, 2.24) is 0 Å². The topological polar surface area (TPSA) is 126 Å². The zero-order valence-electron chi connectivity index (χ0n) is 13.6. The van der Waals surface area contributed by atoms with E-state index >= 15 is 0 Å². The Balaban J connectivity index is -0.0000000400. The van der Waals surface area contributed by atoms with Crippen molar-refractivity contribution >= 4 is 16.5 Å². The van der Waals surface area contributed by atoms with Gasteiger partial charge in [-0.15, -0.1) is 0 Å². The average Bonchev–Trinajstić information content (AvgIpc) is 2.34. The third kappa shape index (κ3) is 113. The maximum atomic E-state index is 8.48. The van der Waals surface area contributed by atoms with Gasteiger partial charge in [-0.05, 0) is 0 Å². The largest absolute Gasteiger partial charge is 3.00 e. The number of hydrogen-bond donors (Lipinski definition) is 0. The third-order valence-corrected chi connectivity index (χ3v) is 1.90. The molecule has 0 amide bonds. The fourth-order valence-corrected chi connectivity index (χ4v) is 0.697.